The van der Waals surface area contributed by atoms with Crippen molar-refractivity contribution in [3.05, 3.63) is 35.3 Å². The van der Waals surface area contributed by atoms with Crippen molar-refractivity contribution in [1.82, 2.24) is 0 Å². The number of carbonyl (C=O) groups excluding carboxylic acids is 3. The van der Waals surface area contributed by atoms with Crippen molar-refractivity contribution in [3.63, 3.8) is 0 Å². The summed E-state index contributed by atoms with van der Waals surface area (Å²) in [7, 11) is 0. The lowest BCUT2D eigenvalue weighted by molar-refractivity contribution is -0.252. The van der Waals surface area contributed by atoms with Crippen molar-refractivity contribution in [2.24, 2.45) is 28.1 Å². The standard InChI is InChI=1S/C32H42O9/c1-16-21(20-8-10-36-14-20)12-22-26(16)32(7)23(9-11-37-17(2)33)31(6)25(40-19(4)35)13-24(39-18(3)34)30(5)15-38-27(28(30)31)29(32)41-22/h8,10,14,21-25,27-29H,9,11-13,15H2,1-7H3/t21-,22-,23-,24-,25-,27-,28?,29-,30-,31+,32-/m1/s1. The maximum atomic E-state index is 12.6. The molecule has 41 heavy (non-hydrogen) atoms. The lowest BCUT2D eigenvalue weighted by atomic mass is 9.40. The average Bonchev–Trinajstić information content (AvgIpc) is 3.64. The molecule has 0 spiro atoms. The summed E-state index contributed by atoms with van der Waals surface area (Å²) in [5.74, 6) is -1.09. The molecule has 1 aromatic heterocycles. The van der Waals surface area contributed by atoms with Crippen LogP contribution in [0.3, 0.4) is 0 Å². The number of furan rings is 1. The summed E-state index contributed by atoms with van der Waals surface area (Å²) in [6, 6.07) is 2.02. The molecule has 11 atom stereocenters. The predicted molar refractivity (Wildman–Crippen MR) is 145 cm³/mol. The van der Waals surface area contributed by atoms with E-state index in [4.69, 9.17) is 28.1 Å². The fraction of sp³-hybridized carbons (Fsp3) is 0.719. The zero-order valence-corrected chi connectivity index (χ0v) is 25.1. The van der Waals surface area contributed by atoms with Crippen LogP contribution in [0.5, 0.6) is 0 Å². The van der Waals surface area contributed by atoms with E-state index in [1.54, 1.807) is 6.26 Å². The number of ether oxygens (including phenoxy) is 5. The topological polar surface area (TPSA) is 111 Å². The molecule has 0 N–H and O–H groups in total. The molecule has 9 heteroatoms. The van der Waals surface area contributed by atoms with E-state index in [0.717, 1.165) is 12.0 Å². The molecule has 5 aliphatic rings. The van der Waals surface area contributed by atoms with Crippen molar-refractivity contribution in [2.75, 3.05) is 13.2 Å². The monoisotopic (exact) mass is 570 g/mol. The molecule has 9 nitrogen and oxygen atoms in total. The Morgan fingerprint density at radius 1 is 1.00 bits per heavy atom. The van der Waals surface area contributed by atoms with E-state index in [1.807, 2.05) is 12.3 Å². The van der Waals surface area contributed by atoms with Crippen LogP contribution in [0.25, 0.3) is 0 Å². The highest BCUT2D eigenvalue weighted by Crippen LogP contribution is 2.74. The molecule has 224 valence electrons. The van der Waals surface area contributed by atoms with Crippen molar-refractivity contribution in [3.8, 4) is 0 Å². The highest BCUT2D eigenvalue weighted by molar-refractivity contribution is 5.67. The Hall–Kier alpha value is -2.65. The zero-order chi connectivity index (χ0) is 29.5. The summed E-state index contributed by atoms with van der Waals surface area (Å²) in [6.45, 7) is 13.7. The van der Waals surface area contributed by atoms with Gasteiger partial charge >= 0.3 is 17.9 Å². The third-order valence-electron chi connectivity index (χ3n) is 11.4. The molecule has 4 fully saturated rings. The highest BCUT2D eigenvalue weighted by Gasteiger charge is 2.78. The smallest absolute Gasteiger partial charge is 0.302 e. The quantitative estimate of drug-likeness (QED) is 0.272. The van der Waals surface area contributed by atoms with Crippen LogP contribution in [0.15, 0.2) is 34.2 Å². The van der Waals surface area contributed by atoms with E-state index in [-0.39, 0.29) is 60.6 Å². The van der Waals surface area contributed by atoms with Gasteiger partial charge in [-0.25, -0.2) is 0 Å². The highest BCUT2D eigenvalue weighted by atomic mass is 16.6. The first-order valence-corrected chi connectivity index (χ1v) is 14.8. The third kappa shape index (κ3) is 3.98. The van der Waals surface area contributed by atoms with Crippen LogP contribution in [0.1, 0.15) is 79.2 Å². The number of hydrogen-bond acceptors (Lipinski definition) is 9. The number of hydrogen-bond donors (Lipinski definition) is 0. The van der Waals surface area contributed by atoms with Gasteiger partial charge in [0.25, 0.3) is 0 Å². The van der Waals surface area contributed by atoms with E-state index in [0.29, 0.717) is 19.4 Å². The van der Waals surface area contributed by atoms with Crippen LogP contribution >= 0.6 is 0 Å². The van der Waals surface area contributed by atoms with Crippen LogP contribution < -0.4 is 0 Å². The number of fused-ring (bicyclic) bond motifs is 4. The van der Waals surface area contributed by atoms with Crippen LogP contribution in [0.4, 0.5) is 0 Å². The number of rotatable bonds is 6. The first-order valence-electron chi connectivity index (χ1n) is 14.8. The molecule has 0 bridgehead atoms. The van der Waals surface area contributed by atoms with Crippen LogP contribution in [0.2, 0.25) is 0 Å². The molecule has 1 aromatic rings. The van der Waals surface area contributed by atoms with Gasteiger partial charge < -0.3 is 28.1 Å². The second kappa shape index (κ2) is 9.69. The van der Waals surface area contributed by atoms with Crippen LogP contribution in [0, 0.1) is 28.1 Å². The second-order valence-corrected chi connectivity index (χ2v) is 13.5. The minimum absolute atomic E-state index is 0.0812. The van der Waals surface area contributed by atoms with Crippen LogP contribution in [-0.2, 0) is 38.1 Å². The summed E-state index contributed by atoms with van der Waals surface area (Å²) >= 11 is 0. The summed E-state index contributed by atoms with van der Waals surface area (Å²) in [6.07, 6.45) is 3.66. The van der Waals surface area contributed by atoms with E-state index >= 15 is 0 Å². The van der Waals surface area contributed by atoms with Gasteiger partial charge in [-0.05, 0) is 42.9 Å². The van der Waals surface area contributed by atoms with Crippen LogP contribution in [-0.4, -0.2) is 61.6 Å². The van der Waals surface area contributed by atoms with Crippen molar-refractivity contribution in [2.45, 2.75) is 104 Å². The molecule has 2 saturated carbocycles. The number of esters is 3. The van der Waals surface area contributed by atoms with Gasteiger partial charge in [0.2, 0.25) is 0 Å². The second-order valence-electron chi connectivity index (χ2n) is 13.5. The van der Waals surface area contributed by atoms with E-state index in [2.05, 4.69) is 27.7 Å². The summed E-state index contributed by atoms with van der Waals surface area (Å²) < 4.78 is 36.8. The first kappa shape index (κ1) is 28.5. The SMILES string of the molecule is CC(=O)OCC[C@H]1[C@]2(C)C3=C(C)[C@H](c4ccoc4)C[C@H]3O[C@@H]2[C@@H]2OC[C@@]3(C)C2[C@]1(C)[C@H](OC(C)=O)C[C@H]3OC(C)=O. The Balaban J connectivity index is 1.52. The number of allylic oxidation sites excluding steroid dienone is 1. The largest absolute Gasteiger partial charge is 0.472 e. The summed E-state index contributed by atoms with van der Waals surface area (Å²) in [4.78, 5) is 36.7. The predicted octanol–water partition coefficient (Wildman–Crippen LogP) is 4.73. The maximum Gasteiger partial charge on any atom is 0.302 e. The maximum absolute atomic E-state index is 12.6. The van der Waals surface area contributed by atoms with Gasteiger partial charge in [0.15, 0.2) is 0 Å². The summed E-state index contributed by atoms with van der Waals surface area (Å²) in [5, 5.41) is 0. The minimum Gasteiger partial charge on any atom is -0.472 e. The van der Waals surface area contributed by atoms with Crippen molar-refractivity contribution >= 4 is 17.9 Å². The lowest BCUT2D eigenvalue weighted by Gasteiger charge is -2.65. The Morgan fingerprint density at radius 3 is 2.34 bits per heavy atom. The van der Waals surface area contributed by atoms with Gasteiger partial charge in [-0.1, -0.05) is 26.3 Å². The molecule has 0 radical (unpaired) electrons. The minimum atomic E-state index is -0.580. The van der Waals surface area contributed by atoms with Crippen molar-refractivity contribution in [1.29, 1.82) is 0 Å². The van der Waals surface area contributed by atoms with Gasteiger partial charge in [0.1, 0.15) is 12.2 Å². The Labute approximate surface area is 241 Å². The molecular formula is C32H42O9. The van der Waals surface area contributed by atoms with E-state index < -0.39 is 28.5 Å². The first-order chi connectivity index (χ1) is 19.3. The normalized spacial score (nSPS) is 44.2. The Morgan fingerprint density at radius 2 is 1.71 bits per heavy atom. The molecular weight excluding hydrogens is 528 g/mol. The number of carbonyl (C=O) groups is 3. The lowest BCUT2D eigenvalue weighted by Crippen LogP contribution is -2.71. The molecule has 1 unspecified atom stereocenters. The Kier molecular flexibility index (Phi) is 6.73. The third-order valence-corrected chi connectivity index (χ3v) is 11.4. The average molecular weight is 571 g/mol. The summed E-state index contributed by atoms with van der Waals surface area (Å²) in [5.41, 5.74) is 2.13. The van der Waals surface area contributed by atoms with E-state index in [9.17, 15) is 14.4 Å². The van der Waals surface area contributed by atoms with Crippen molar-refractivity contribution < 1.29 is 42.5 Å². The van der Waals surface area contributed by atoms with E-state index in [1.165, 1.54) is 31.9 Å². The van der Waals surface area contributed by atoms with Gasteiger partial charge in [0.05, 0.1) is 44.1 Å². The fourth-order valence-electron chi connectivity index (χ4n) is 10.1. The van der Waals surface area contributed by atoms with Gasteiger partial charge in [-0.15, -0.1) is 0 Å². The van der Waals surface area contributed by atoms with Gasteiger partial charge in [0, 0.05) is 55.3 Å². The molecule has 2 saturated heterocycles. The molecule has 6 rings (SSSR count). The molecule has 3 heterocycles. The zero-order valence-electron chi connectivity index (χ0n) is 25.1. The fourth-order valence-corrected chi connectivity index (χ4v) is 10.1. The molecule has 2 aliphatic heterocycles. The molecule has 3 aliphatic carbocycles. The Bertz CT molecular complexity index is 1270. The van der Waals surface area contributed by atoms with Gasteiger partial charge in [-0.2, -0.15) is 0 Å². The van der Waals surface area contributed by atoms with Gasteiger partial charge in [-0.3, -0.25) is 14.4 Å². The molecule has 0 amide bonds. The molecule has 0 aromatic carbocycles.